The zero-order valence-electron chi connectivity index (χ0n) is 15.4. The fourth-order valence-corrected chi connectivity index (χ4v) is 2.97. The van der Waals surface area contributed by atoms with E-state index >= 15 is 0 Å². The Hall–Kier alpha value is -3.89. The number of nitro groups is 1. The summed E-state index contributed by atoms with van der Waals surface area (Å²) in [5.41, 5.74) is -0.141. The van der Waals surface area contributed by atoms with Crippen molar-refractivity contribution in [2.45, 2.75) is 19.1 Å². The third kappa shape index (κ3) is 4.40. The third-order valence-electron chi connectivity index (χ3n) is 4.42. The molecule has 1 atom stereocenters. The Morgan fingerprint density at radius 2 is 1.70 bits per heavy atom. The van der Waals surface area contributed by atoms with Crippen molar-refractivity contribution in [3.05, 3.63) is 81.0 Å². The Balaban J connectivity index is 1.89. The number of urea groups is 1. The van der Waals surface area contributed by atoms with E-state index in [-0.39, 0.29) is 28.2 Å². The summed E-state index contributed by atoms with van der Waals surface area (Å²) in [6.07, 6.45) is -4.52. The summed E-state index contributed by atoms with van der Waals surface area (Å²) in [6.45, 7) is 1.49. The Morgan fingerprint density at radius 1 is 1.10 bits per heavy atom. The molecule has 11 heteroatoms. The Kier molecular flexibility index (Phi) is 5.45. The molecule has 2 aromatic carbocycles. The quantitative estimate of drug-likeness (QED) is 0.515. The van der Waals surface area contributed by atoms with E-state index in [1.807, 2.05) is 0 Å². The average Bonchev–Trinajstić information content (AvgIpc) is 2.67. The first-order valence-corrected chi connectivity index (χ1v) is 8.57. The van der Waals surface area contributed by atoms with Gasteiger partial charge in [-0.25, -0.2) is 4.79 Å². The zero-order valence-corrected chi connectivity index (χ0v) is 15.4. The summed E-state index contributed by atoms with van der Waals surface area (Å²) in [5, 5.41) is 18.3. The molecule has 8 nitrogen and oxygen atoms in total. The van der Waals surface area contributed by atoms with E-state index < -0.39 is 34.6 Å². The number of nitro benzene ring substituents is 1. The lowest BCUT2D eigenvalue weighted by atomic mass is 9.94. The molecule has 1 heterocycles. The Morgan fingerprint density at radius 3 is 2.23 bits per heavy atom. The molecule has 0 spiro atoms. The summed E-state index contributed by atoms with van der Waals surface area (Å²) >= 11 is 0. The third-order valence-corrected chi connectivity index (χ3v) is 4.42. The van der Waals surface area contributed by atoms with Gasteiger partial charge in [0.2, 0.25) is 0 Å². The smallest absolute Gasteiger partial charge is 0.327 e. The maximum Gasteiger partial charge on any atom is 0.416 e. The van der Waals surface area contributed by atoms with Crippen molar-refractivity contribution < 1.29 is 27.7 Å². The lowest BCUT2D eigenvalue weighted by molar-refractivity contribution is -0.384. The molecule has 30 heavy (non-hydrogen) atoms. The summed E-state index contributed by atoms with van der Waals surface area (Å²) in [5.74, 6) is -0.626. The number of benzene rings is 2. The molecular weight excluding hydrogens is 405 g/mol. The van der Waals surface area contributed by atoms with Crippen molar-refractivity contribution in [1.82, 2.24) is 10.6 Å². The van der Waals surface area contributed by atoms with Crippen molar-refractivity contribution in [1.29, 1.82) is 0 Å². The van der Waals surface area contributed by atoms with E-state index in [9.17, 15) is 32.9 Å². The predicted octanol–water partition coefficient (Wildman–Crippen LogP) is 3.88. The van der Waals surface area contributed by atoms with Gasteiger partial charge >= 0.3 is 12.2 Å². The molecule has 2 aromatic rings. The van der Waals surface area contributed by atoms with Gasteiger partial charge in [0.05, 0.1) is 22.1 Å². The number of anilines is 1. The molecule has 156 valence electrons. The molecule has 0 radical (unpaired) electrons. The number of hydrogen-bond donors (Lipinski definition) is 3. The van der Waals surface area contributed by atoms with E-state index in [0.29, 0.717) is 0 Å². The van der Waals surface area contributed by atoms with Crippen LogP contribution in [-0.4, -0.2) is 16.9 Å². The van der Waals surface area contributed by atoms with Crippen LogP contribution in [0.4, 0.5) is 29.3 Å². The molecule has 1 aliphatic rings. The van der Waals surface area contributed by atoms with Crippen LogP contribution in [0.2, 0.25) is 0 Å². The highest BCUT2D eigenvalue weighted by atomic mass is 19.4. The molecule has 0 aliphatic carbocycles. The van der Waals surface area contributed by atoms with Gasteiger partial charge in [-0.15, -0.1) is 0 Å². The molecule has 0 saturated carbocycles. The van der Waals surface area contributed by atoms with Crippen LogP contribution in [0.3, 0.4) is 0 Å². The SMILES string of the molecule is CC1=C(C(=O)Nc2ccc([N+](=O)[O-])cc2)[C@H](c2ccc(C(F)(F)F)cc2)NC(=O)N1. The van der Waals surface area contributed by atoms with E-state index in [2.05, 4.69) is 16.0 Å². The molecule has 0 aromatic heterocycles. The number of nitrogens with zero attached hydrogens (tertiary/aromatic N) is 1. The Labute approximate surface area is 167 Å². The standard InChI is InChI=1S/C19H15F3N4O4/c1-10-15(17(27)24-13-6-8-14(9-7-13)26(29)30)16(25-18(28)23-10)11-2-4-12(5-3-11)19(20,21)22/h2-9,16H,1H3,(H,24,27)(H2,23,25,28)/t16-/m0/s1. The van der Waals surface area contributed by atoms with Crippen LogP contribution in [-0.2, 0) is 11.0 Å². The Bertz CT molecular complexity index is 1030. The van der Waals surface area contributed by atoms with Crippen LogP contribution in [0.5, 0.6) is 0 Å². The average molecular weight is 420 g/mol. The first-order valence-electron chi connectivity index (χ1n) is 8.57. The fraction of sp³-hybridized carbons (Fsp3) is 0.158. The van der Waals surface area contributed by atoms with Crippen molar-refractivity contribution in [2.24, 2.45) is 0 Å². The molecule has 0 unspecified atom stereocenters. The van der Waals surface area contributed by atoms with Gasteiger partial charge in [-0.05, 0) is 36.8 Å². The van der Waals surface area contributed by atoms with Crippen molar-refractivity contribution in [3.8, 4) is 0 Å². The number of amides is 3. The lowest BCUT2D eigenvalue weighted by Gasteiger charge is -2.28. The molecule has 0 fully saturated rings. The zero-order chi connectivity index (χ0) is 22.1. The first-order chi connectivity index (χ1) is 14.1. The van der Waals surface area contributed by atoms with E-state index in [1.54, 1.807) is 0 Å². The van der Waals surface area contributed by atoms with Gasteiger partial charge in [0, 0.05) is 23.5 Å². The van der Waals surface area contributed by atoms with Crippen molar-refractivity contribution >= 4 is 23.3 Å². The molecule has 3 N–H and O–H groups in total. The fourth-order valence-electron chi connectivity index (χ4n) is 2.97. The highest BCUT2D eigenvalue weighted by Gasteiger charge is 2.33. The van der Waals surface area contributed by atoms with Gasteiger partial charge in [-0.3, -0.25) is 14.9 Å². The number of allylic oxidation sites excluding steroid dienone is 1. The normalized spacial score (nSPS) is 16.5. The highest BCUT2D eigenvalue weighted by Crippen LogP contribution is 2.32. The summed E-state index contributed by atoms with van der Waals surface area (Å²) in [7, 11) is 0. The predicted molar refractivity (Wildman–Crippen MR) is 100 cm³/mol. The van der Waals surface area contributed by atoms with Crippen molar-refractivity contribution in [2.75, 3.05) is 5.32 Å². The highest BCUT2D eigenvalue weighted by molar-refractivity contribution is 6.06. The number of non-ortho nitro benzene ring substituents is 1. The topological polar surface area (TPSA) is 113 Å². The number of rotatable bonds is 4. The number of carbonyl (C=O) groups excluding carboxylic acids is 2. The second-order valence-corrected chi connectivity index (χ2v) is 6.45. The minimum absolute atomic E-state index is 0.0905. The molecule has 1 aliphatic heterocycles. The van der Waals surface area contributed by atoms with Crippen LogP contribution in [0.1, 0.15) is 24.1 Å². The van der Waals surface area contributed by atoms with Crippen LogP contribution < -0.4 is 16.0 Å². The van der Waals surface area contributed by atoms with E-state index in [4.69, 9.17) is 0 Å². The van der Waals surface area contributed by atoms with Gasteiger partial charge in [0.25, 0.3) is 11.6 Å². The van der Waals surface area contributed by atoms with Gasteiger partial charge in [-0.2, -0.15) is 13.2 Å². The minimum Gasteiger partial charge on any atom is -0.327 e. The molecule has 3 rings (SSSR count). The van der Waals surface area contributed by atoms with Gasteiger partial charge in [0.15, 0.2) is 0 Å². The largest absolute Gasteiger partial charge is 0.416 e. The molecule has 3 amide bonds. The molecule has 0 bridgehead atoms. The van der Waals surface area contributed by atoms with E-state index in [1.165, 1.54) is 43.3 Å². The number of carbonyl (C=O) groups is 2. The van der Waals surface area contributed by atoms with Crippen molar-refractivity contribution in [3.63, 3.8) is 0 Å². The molecular formula is C19H15F3N4O4. The van der Waals surface area contributed by atoms with E-state index in [0.717, 1.165) is 12.1 Å². The first kappa shape index (κ1) is 20.8. The number of alkyl halides is 3. The van der Waals surface area contributed by atoms with Crippen LogP contribution in [0.25, 0.3) is 0 Å². The minimum atomic E-state index is -4.52. The van der Waals surface area contributed by atoms with Crippen LogP contribution in [0, 0.1) is 10.1 Å². The summed E-state index contributed by atoms with van der Waals surface area (Å²) in [4.78, 5) is 34.9. The monoisotopic (exact) mass is 420 g/mol. The number of halogens is 3. The second kappa shape index (κ2) is 7.85. The number of hydrogen-bond acceptors (Lipinski definition) is 4. The summed E-state index contributed by atoms with van der Waals surface area (Å²) in [6, 6.07) is 7.62. The molecule has 0 saturated heterocycles. The van der Waals surface area contributed by atoms with Gasteiger partial charge in [0.1, 0.15) is 0 Å². The van der Waals surface area contributed by atoms with Gasteiger partial charge < -0.3 is 16.0 Å². The van der Waals surface area contributed by atoms with Gasteiger partial charge in [-0.1, -0.05) is 12.1 Å². The lowest BCUT2D eigenvalue weighted by Crippen LogP contribution is -2.46. The van der Waals surface area contributed by atoms with Crippen LogP contribution in [0.15, 0.2) is 59.8 Å². The maximum atomic E-state index is 12.8. The second-order valence-electron chi connectivity index (χ2n) is 6.45. The number of nitrogens with one attached hydrogen (secondary N) is 3. The summed E-state index contributed by atoms with van der Waals surface area (Å²) < 4.78 is 38.4. The van der Waals surface area contributed by atoms with Crippen LogP contribution >= 0.6 is 0 Å². The maximum absolute atomic E-state index is 12.8.